The van der Waals surface area contributed by atoms with Gasteiger partial charge < -0.3 is 5.32 Å². The van der Waals surface area contributed by atoms with Crippen LogP contribution >= 0.6 is 0 Å². The minimum atomic E-state index is -0.684. The molecule has 1 saturated heterocycles. The Balaban J connectivity index is 1.91. The fraction of sp³-hybridized carbons (Fsp3) is 0.385. The van der Waals surface area contributed by atoms with Gasteiger partial charge in [-0.25, -0.2) is 4.79 Å². The summed E-state index contributed by atoms with van der Waals surface area (Å²) in [6.07, 6.45) is 3.04. The Morgan fingerprint density at radius 1 is 1.00 bits per heavy atom. The van der Waals surface area contributed by atoms with E-state index >= 15 is 0 Å². The molecule has 1 aliphatic heterocycles. The van der Waals surface area contributed by atoms with Gasteiger partial charge in [-0.05, 0) is 36.8 Å². The normalized spacial score (nSPS) is 21.6. The maximum absolute atomic E-state index is 11.9. The van der Waals surface area contributed by atoms with Crippen molar-refractivity contribution in [1.82, 2.24) is 10.6 Å². The van der Waals surface area contributed by atoms with Crippen LogP contribution in [-0.4, -0.2) is 17.5 Å². The van der Waals surface area contributed by atoms with Crippen molar-refractivity contribution in [2.24, 2.45) is 0 Å². The highest BCUT2D eigenvalue weighted by atomic mass is 16.2. The number of imide groups is 1. The molecule has 3 rings (SSSR count). The Bertz CT molecular complexity index is 469. The Labute approximate surface area is 99.4 Å². The van der Waals surface area contributed by atoms with Crippen molar-refractivity contribution in [2.45, 2.75) is 31.2 Å². The Morgan fingerprint density at radius 3 is 2.06 bits per heavy atom. The highest BCUT2D eigenvalue weighted by Gasteiger charge is 2.46. The predicted molar refractivity (Wildman–Crippen MR) is 62.5 cm³/mol. The molecular weight excluding hydrogens is 216 g/mol. The summed E-state index contributed by atoms with van der Waals surface area (Å²) in [7, 11) is 0. The van der Waals surface area contributed by atoms with Gasteiger partial charge in [0.25, 0.3) is 5.91 Å². The number of fused-ring (bicyclic) bond motifs is 1. The van der Waals surface area contributed by atoms with E-state index in [1.54, 1.807) is 0 Å². The number of carbonyl (C=O) groups is 2. The third kappa shape index (κ3) is 1.60. The monoisotopic (exact) mass is 230 g/mol. The summed E-state index contributed by atoms with van der Waals surface area (Å²) >= 11 is 0. The van der Waals surface area contributed by atoms with Crippen LogP contribution in [0.1, 0.15) is 24.0 Å². The molecule has 88 valence electrons. The van der Waals surface area contributed by atoms with Crippen LogP contribution in [0, 0.1) is 0 Å². The van der Waals surface area contributed by atoms with Crippen LogP contribution in [0.25, 0.3) is 0 Å². The largest absolute Gasteiger partial charge is 0.323 e. The first-order valence-electron chi connectivity index (χ1n) is 5.90. The van der Waals surface area contributed by atoms with Gasteiger partial charge in [-0.1, -0.05) is 24.3 Å². The minimum absolute atomic E-state index is 0.171. The smallest absolute Gasteiger partial charge is 0.322 e. The molecule has 2 aliphatic rings. The maximum Gasteiger partial charge on any atom is 0.322 e. The molecule has 0 unspecified atom stereocenters. The van der Waals surface area contributed by atoms with E-state index in [0.717, 1.165) is 12.8 Å². The van der Waals surface area contributed by atoms with E-state index in [1.807, 2.05) is 12.1 Å². The SMILES string of the molecule is O=C1NC(=O)C2(CCc3ccccc3CC2)N1. The van der Waals surface area contributed by atoms with Gasteiger partial charge in [0.15, 0.2) is 0 Å². The fourth-order valence-corrected chi connectivity index (χ4v) is 2.75. The van der Waals surface area contributed by atoms with Crippen molar-refractivity contribution in [3.63, 3.8) is 0 Å². The van der Waals surface area contributed by atoms with Crippen molar-refractivity contribution in [3.8, 4) is 0 Å². The van der Waals surface area contributed by atoms with Gasteiger partial charge >= 0.3 is 6.03 Å². The van der Waals surface area contributed by atoms with E-state index in [0.29, 0.717) is 12.8 Å². The van der Waals surface area contributed by atoms with Gasteiger partial charge in [0, 0.05) is 0 Å². The minimum Gasteiger partial charge on any atom is -0.323 e. The van der Waals surface area contributed by atoms with Gasteiger partial charge in [0.2, 0.25) is 0 Å². The zero-order valence-electron chi connectivity index (χ0n) is 9.45. The van der Waals surface area contributed by atoms with Crippen molar-refractivity contribution < 1.29 is 9.59 Å². The summed E-state index contributed by atoms with van der Waals surface area (Å²) < 4.78 is 0. The summed E-state index contributed by atoms with van der Waals surface area (Å²) in [4.78, 5) is 23.1. The zero-order valence-corrected chi connectivity index (χ0v) is 9.45. The third-order valence-electron chi connectivity index (χ3n) is 3.78. The number of urea groups is 1. The molecule has 1 aromatic carbocycles. The summed E-state index contributed by atoms with van der Waals surface area (Å²) in [6, 6.07) is 7.88. The van der Waals surface area contributed by atoms with Crippen molar-refractivity contribution >= 4 is 11.9 Å². The standard InChI is InChI=1S/C13H14N2O2/c16-11-13(15-12(17)14-11)7-5-9-3-1-2-4-10(9)6-8-13/h1-4H,5-8H2,(H2,14,15,16,17). The van der Waals surface area contributed by atoms with E-state index in [4.69, 9.17) is 0 Å². The van der Waals surface area contributed by atoms with Gasteiger partial charge in [-0.15, -0.1) is 0 Å². The average Bonchev–Trinajstić information content (AvgIpc) is 2.49. The number of amides is 3. The summed E-state index contributed by atoms with van der Waals surface area (Å²) in [5.41, 5.74) is 1.90. The fourth-order valence-electron chi connectivity index (χ4n) is 2.75. The lowest BCUT2D eigenvalue weighted by atomic mass is 9.90. The number of nitrogens with one attached hydrogen (secondary N) is 2. The first-order chi connectivity index (χ1) is 8.20. The van der Waals surface area contributed by atoms with Crippen molar-refractivity contribution in [3.05, 3.63) is 35.4 Å². The number of hydrogen-bond donors (Lipinski definition) is 2. The lowest BCUT2D eigenvalue weighted by Gasteiger charge is -2.23. The first-order valence-corrected chi connectivity index (χ1v) is 5.90. The predicted octanol–water partition coefficient (Wildman–Crippen LogP) is 1.14. The van der Waals surface area contributed by atoms with Crippen molar-refractivity contribution in [2.75, 3.05) is 0 Å². The van der Waals surface area contributed by atoms with Crippen LogP contribution in [0.3, 0.4) is 0 Å². The molecule has 1 spiro atoms. The number of benzene rings is 1. The second-order valence-corrected chi connectivity index (χ2v) is 4.76. The van der Waals surface area contributed by atoms with E-state index < -0.39 is 5.54 Å². The van der Waals surface area contributed by atoms with E-state index in [9.17, 15) is 9.59 Å². The first kappa shape index (κ1) is 10.3. The molecule has 1 aromatic rings. The summed E-state index contributed by atoms with van der Waals surface area (Å²) in [5.74, 6) is -0.171. The van der Waals surface area contributed by atoms with Crippen molar-refractivity contribution in [1.29, 1.82) is 0 Å². The molecule has 17 heavy (non-hydrogen) atoms. The summed E-state index contributed by atoms with van der Waals surface area (Å²) in [5, 5.41) is 5.14. The van der Waals surface area contributed by atoms with Gasteiger partial charge in [-0.2, -0.15) is 0 Å². The number of carbonyl (C=O) groups excluding carboxylic acids is 2. The molecule has 0 aromatic heterocycles. The molecule has 3 amide bonds. The quantitative estimate of drug-likeness (QED) is 0.657. The van der Waals surface area contributed by atoms with Crippen LogP contribution in [0.4, 0.5) is 4.79 Å². The number of aryl methyl sites for hydroxylation is 2. The zero-order chi connectivity index (χ0) is 11.9. The molecule has 1 heterocycles. The molecule has 2 N–H and O–H groups in total. The molecule has 0 bridgehead atoms. The van der Waals surface area contributed by atoms with Crippen LogP contribution in [0.2, 0.25) is 0 Å². The van der Waals surface area contributed by atoms with E-state index in [1.165, 1.54) is 11.1 Å². The molecule has 0 radical (unpaired) electrons. The highest BCUT2D eigenvalue weighted by Crippen LogP contribution is 2.29. The Hall–Kier alpha value is -1.84. The van der Waals surface area contributed by atoms with E-state index in [2.05, 4.69) is 22.8 Å². The second kappa shape index (κ2) is 3.58. The van der Waals surface area contributed by atoms with E-state index in [-0.39, 0.29) is 11.9 Å². The van der Waals surface area contributed by atoms with Gasteiger partial charge in [0.1, 0.15) is 5.54 Å². The van der Waals surface area contributed by atoms with Crippen LogP contribution < -0.4 is 10.6 Å². The molecule has 1 fully saturated rings. The molecule has 0 atom stereocenters. The number of rotatable bonds is 0. The van der Waals surface area contributed by atoms with Crippen LogP contribution in [0.5, 0.6) is 0 Å². The van der Waals surface area contributed by atoms with Gasteiger partial charge in [0.05, 0.1) is 0 Å². The lowest BCUT2D eigenvalue weighted by Crippen LogP contribution is -2.46. The number of hydrogen-bond acceptors (Lipinski definition) is 2. The third-order valence-corrected chi connectivity index (χ3v) is 3.78. The molecule has 4 heteroatoms. The maximum atomic E-state index is 11.9. The average molecular weight is 230 g/mol. The van der Waals surface area contributed by atoms with Gasteiger partial charge in [-0.3, -0.25) is 10.1 Å². The Kier molecular flexibility index (Phi) is 2.18. The molecule has 4 nitrogen and oxygen atoms in total. The Morgan fingerprint density at radius 2 is 1.59 bits per heavy atom. The molecule has 1 aliphatic carbocycles. The highest BCUT2D eigenvalue weighted by molar-refractivity contribution is 6.07. The molecular formula is C13H14N2O2. The summed E-state index contributed by atoms with van der Waals surface area (Å²) in [6.45, 7) is 0. The second-order valence-electron chi connectivity index (χ2n) is 4.76. The topological polar surface area (TPSA) is 58.2 Å². The van der Waals surface area contributed by atoms with Crippen LogP contribution in [-0.2, 0) is 17.6 Å². The lowest BCUT2D eigenvalue weighted by molar-refractivity contribution is -0.124. The van der Waals surface area contributed by atoms with Crippen LogP contribution in [0.15, 0.2) is 24.3 Å². The molecule has 0 saturated carbocycles.